The predicted molar refractivity (Wildman–Crippen MR) is 57.3 cm³/mol. The molecule has 2 N–H and O–H groups in total. The van der Waals surface area contributed by atoms with Crippen LogP contribution < -0.4 is 5.32 Å². The van der Waals surface area contributed by atoms with Crippen LogP contribution in [0.2, 0.25) is 0 Å². The maximum atomic E-state index is 10.7. The molecule has 3 atom stereocenters. The molecule has 2 rings (SSSR count). The number of thioether (sulfide) groups is 1. The maximum absolute atomic E-state index is 10.7. The first kappa shape index (κ1) is 10.1. The van der Waals surface area contributed by atoms with Gasteiger partial charge in [-0.15, -0.1) is 11.8 Å². The molecule has 14 heavy (non-hydrogen) atoms. The molecule has 0 amide bonds. The average molecular weight is 213 g/mol. The Hall–Kier alpha value is -0.480. The van der Waals surface area contributed by atoms with E-state index in [1.165, 1.54) is 6.42 Å². The molecule has 0 aromatic heterocycles. The van der Waals surface area contributed by atoms with Crippen molar-refractivity contribution in [1.29, 1.82) is 0 Å². The second-order valence-corrected chi connectivity index (χ2v) is 5.03. The normalized spacial score (nSPS) is 37.3. The minimum Gasteiger partial charge on any atom is -0.480 e. The number of hydrogen-bond acceptors (Lipinski definition) is 3. The van der Waals surface area contributed by atoms with Crippen molar-refractivity contribution in [2.75, 3.05) is 5.75 Å². The van der Waals surface area contributed by atoms with Gasteiger partial charge in [0.2, 0.25) is 0 Å². The number of allylic oxidation sites excluding steroid dienone is 2. The van der Waals surface area contributed by atoms with Crippen LogP contribution in [0.4, 0.5) is 0 Å². The Morgan fingerprint density at radius 2 is 2.36 bits per heavy atom. The summed E-state index contributed by atoms with van der Waals surface area (Å²) in [5.41, 5.74) is 0. The fourth-order valence-corrected chi connectivity index (χ4v) is 3.42. The Balaban J connectivity index is 1.88. The number of carboxylic acid groups (broad SMARTS) is 1. The SMILES string of the molecule is O=C(O)[C@H]1CS[C@H]([C@H]2CC=CCC2)N1. The van der Waals surface area contributed by atoms with Gasteiger partial charge >= 0.3 is 5.97 Å². The minimum atomic E-state index is -0.716. The van der Waals surface area contributed by atoms with Gasteiger partial charge in [-0.1, -0.05) is 12.2 Å². The first-order chi connectivity index (χ1) is 6.77. The van der Waals surface area contributed by atoms with E-state index in [0.717, 1.165) is 12.8 Å². The average Bonchev–Trinajstić information content (AvgIpc) is 2.68. The lowest BCUT2D eigenvalue weighted by molar-refractivity contribution is -0.138. The van der Waals surface area contributed by atoms with Crippen molar-refractivity contribution in [2.45, 2.75) is 30.7 Å². The number of carbonyl (C=O) groups is 1. The van der Waals surface area contributed by atoms with E-state index in [4.69, 9.17) is 5.11 Å². The Kier molecular flexibility index (Phi) is 3.13. The molecule has 4 heteroatoms. The van der Waals surface area contributed by atoms with Crippen molar-refractivity contribution in [3.05, 3.63) is 12.2 Å². The molecule has 1 fully saturated rings. The molecular weight excluding hydrogens is 198 g/mol. The van der Waals surface area contributed by atoms with E-state index < -0.39 is 5.97 Å². The van der Waals surface area contributed by atoms with E-state index in [1.807, 2.05) is 0 Å². The standard InChI is InChI=1S/C10H15NO2S/c12-10(13)8-6-14-9(11-8)7-4-2-1-3-5-7/h1-2,7-9,11H,3-6H2,(H,12,13)/t7-,8+,9+/m0/s1. The van der Waals surface area contributed by atoms with Crippen molar-refractivity contribution >= 4 is 17.7 Å². The lowest BCUT2D eigenvalue weighted by Gasteiger charge is -2.24. The lowest BCUT2D eigenvalue weighted by Crippen LogP contribution is -2.39. The van der Waals surface area contributed by atoms with Crippen LogP contribution in [-0.4, -0.2) is 28.2 Å². The number of carboxylic acids is 1. The zero-order valence-corrected chi connectivity index (χ0v) is 8.80. The van der Waals surface area contributed by atoms with E-state index in [2.05, 4.69) is 17.5 Å². The summed E-state index contributed by atoms with van der Waals surface area (Å²) >= 11 is 1.76. The Morgan fingerprint density at radius 3 is 2.93 bits per heavy atom. The van der Waals surface area contributed by atoms with Crippen LogP contribution >= 0.6 is 11.8 Å². The fourth-order valence-electron chi connectivity index (χ4n) is 2.00. The van der Waals surface area contributed by atoms with Gasteiger partial charge < -0.3 is 5.11 Å². The van der Waals surface area contributed by atoms with Gasteiger partial charge in [-0.3, -0.25) is 10.1 Å². The number of hydrogen-bond donors (Lipinski definition) is 2. The first-order valence-corrected chi connectivity index (χ1v) is 6.07. The van der Waals surface area contributed by atoms with Gasteiger partial charge in [0.15, 0.2) is 0 Å². The highest BCUT2D eigenvalue weighted by atomic mass is 32.2. The van der Waals surface area contributed by atoms with Crippen LogP contribution in [0, 0.1) is 5.92 Å². The summed E-state index contributed by atoms with van der Waals surface area (Å²) in [7, 11) is 0. The summed E-state index contributed by atoms with van der Waals surface area (Å²) < 4.78 is 0. The van der Waals surface area contributed by atoms with Crippen LogP contribution in [0.1, 0.15) is 19.3 Å². The molecule has 0 aromatic carbocycles. The molecule has 0 saturated carbocycles. The highest BCUT2D eigenvalue weighted by Gasteiger charge is 2.33. The zero-order chi connectivity index (χ0) is 9.97. The third-order valence-electron chi connectivity index (χ3n) is 2.84. The van der Waals surface area contributed by atoms with E-state index in [9.17, 15) is 4.79 Å². The topological polar surface area (TPSA) is 49.3 Å². The smallest absolute Gasteiger partial charge is 0.321 e. The third kappa shape index (κ3) is 2.12. The molecule has 2 aliphatic rings. The predicted octanol–water partition coefficient (Wildman–Crippen LogP) is 1.46. The molecule has 0 spiro atoms. The van der Waals surface area contributed by atoms with Crippen molar-refractivity contribution in [3.63, 3.8) is 0 Å². The Labute approximate surface area is 88.0 Å². The molecular formula is C10H15NO2S. The molecule has 1 aliphatic carbocycles. The van der Waals surface area contributed by atoms with Gasteiger partial charge in [-0.05, 0) is 25.2 Å². The molecule has 1 heterocycles. The summed E-state index contributed by atoms with van der Waals surface area (Å²) in [4.78, 5) is 10.7. The van der Waals surface area contributed by atoms with Crippen molar-refractivity contribution in [1.82, 2.24) is 5.32 Å². The van der Waals surface area contributed by atoms with Gasteiger partial charge in [-0.2, -0.15) is 0 Å². The first-order valence-electron chi connectivity index (χ1n) is 5.03. The number of rotatable bonds is 2. The second kappa shape index (κ2) is 4.36. The van der Waals surface area contributed by atoms with E-state index in [1.54, 1.807) is 11.8 Å². The van der Waals surface area contributed by atoms with Crippen LogP contribution in [0.3, 0.4) is 0 Å². The molecule has 1 saturated heterocycles. The van der Waals surface area contributed by atoms with Crippen molar-refractivity contribution < 1.29 is 9.90 Å². The summed E-state index contributed by atoms with van der Waals surface area (Å²) in [5, 5.41) is 12.4. The van der Waals surface area contributed by atoms with Crippen LogP contribution in [0.15, 0.2) is 12.2 Å². The van der Waals surface area contributed by atoms with Crippen LogP contribution in [-0.2, 0) is 4.79 Å². The summed E-state index contributed by atoms with van der Waals surface area (Å²) in [6.45, 7) is 0. The number of nitrogens with one attached hydrogen (secondary N) is 1. The maximum Gasteiger partial charge on any atom is 0.321 e. The highest BCUT2D eigenvalue weighted by Crippen LogP contribution is 2.32. The molecule has 0 aromatic rings. The van der Waals surface area contributed by atoms with Gasteiger partial charge in [0, 0.05) is 5.75 Å². The molecule has 0 unspecified atom stereocenters. The molecule has 1 aliphatic heterocycles. The molecule has 0 radical (unpaired) electrons. The largest absolute Gasteiger partial charge is 0.480 e. The van der Waals surface area contributed by atoms with Crippen LogP contribution in [0.25, 0.3) is 0 Å². The van der Waals surface area contributed by atoms with Gasteiger partial charge in [0.1, 0.15) is 6.04 Å². The molecule has 78 valence electrons. The molecule has 0 bridgehead atoms. The number of aliphatic carboxylic acids is 1. The Morgan fingerprint density at radius 1 is 1.50 bits per heavy atom. The zero-order valence-electron chi connectivity index (χ0n) is 7.98. The fraction of sp³-hybridized carbons (Fsp3) is 0.700. The highest BCUT2D eigenvalue weighted by molar-refractivity contribution is 8.00. The summed E-state index contributed by atoms with van der Waals surface area (Å²) in [6, 6.07) is -0.337. The monoisotopic (exact) mass is 213 g/mol. The molecule has 3 nitrogen and oxygen atoms in total. The quantitative estimate of drug-likeness (QED) is 0.682. The van der Waals surface area contributed by atoms with Gasteiger partial charge in [-0.25, -0.2) is 0 Å². The summed E-state index contributed by atoms with van der Waals surface area (Å²) in [6.07, 6.45) is 7.85. The van der Waals surface area contributed by atoms with E-state index >= 15 is 0 Å². The van der Waals surface area contributed by atoms with Gasteiger partial charge in [0.05, 0.1) is 5.37 Å². The third-order valence-corrected chi connectivity index (χ3v) is 4.25. The van der Waals surface area contributed by atoms with E-state index in [-0.39, 0.29) is 6.04 Å². The van der Waals surface area contributed by atoms with Crippen LogP contribution in [0.5, 0.6) is 0 Å². The summed E-state index contributed by atoms with van der Waals surface area (Å²) in [5.74, 6) is 0.612. The Bertz CT molecular complexity index is 255. The second-order valence-electron chi connectivity index (χ2n) is 3.86. The van der Waals surface area contributed by atoms with Crippen molar-refractivity contribution in [3.8, 4) is 0 Å². The lowest BCUT2D eigenvalue weighted by atomic mass is 9.94. The minimum absolute atomic E-state index is 0.337. The van der Waals surface area contributed by atoms with Gasteiger partial charge in [0.25, 0.3) is 0 Å². The van der Waals surface area contributed by atoms with Crippen molar-refractivity contribution in [2.24, 2.45) is 5.92 Å². The van der Waals surface area contributed by atoms with E-state index in [0.29, 0.717) is 17.0 Å².